The molecule has 0 spiro atoms. The quantitative estimate of drug-likeness (QED) is 0.283. The van der Waals surface area contributed by atoms with Crippen molar-refractivity contribution >= 4 is 17.5 Å². The second-order valence-electron chi connectivity index (χ2n) is 8.90. The smallest absolute Gasteiger partial charge is 0.263 e. The molecule has 2 aromatic heterocycles. The number of carbonyl (C=O) groups excluding carboxylic acids is 1. The Labute approximate surface area is 210 Å². The molecule has 1 aliphatic rings. The number of benzene rings is 2. The van der Waals surface area contributed by atoms with Gasteiger partial charge in [0.25, 0.3) is 5.89 Å². The van der Waals surface area contributed by atoms with Crippen LogP contribution in [0.25, 0.3) is 22.6 Å². The standard InChI is InChI=1S/C29H29N3O2S/c1-21-3-2-4-26(31-21)28-19-30-29(34-28)27(33)14-9-22-5-10-24(11-6-22)25-12-7-23(8-13-25)20-32-15-17-35-18-16-32/h2-8,10-13,19H,9,14-18,20H2,1H3. The Hall–Kier alpha value is -3.22. The number of ketones is 1. The molecule has 0 N–H and O–H groups in total. The summed E-state index contributed by atoms with van der Waals surface area (Å²) in [4.78, 5) is 23.7. The molecule has 178 valence electrons. The van der Waals surface area contributed by atoms with Crippen LogP contribution in [-0.4, -0.2) is 45.2 Å². The summed E-state index contributed by atoms with van der Waals surface area (Å²) in [5, 5.41) is 0. The molecule has 2 aromatic carbocycles. The van der Waals surface area contributed by atoms with Crippen molar-refractivity contribution in [2.24, 2.45) is 0 Å². The van der Waals surface area contributed by atoms with Crippen molar-refractivity contribution in [1.29, 1.82) is 0 Å². The minimum absolute atomic E-state index is 0.101. The predicted molar refractivity (Wildman–Crippen MR) is 142 cm³/mol. The molecule has 1 aliphatic heterocycles. The zero-order valence-electron chi connectivity index (χ0n) is 19.9. The molecule has 0 amide bonds. The van der Waals surface area contributed by atoms with Crippen LogP contribution < -0.4 is 0 Å². The number of hydrogen-bond acceptors (Lipinski definition) is 6. The molecule has 6 heteroatoms. The van der Waals surface area contributed by atoms with E-state index in [1.807, 2.05) is 36.9 Å². The molecule has 5 rings (SSSR count). The number of aryl methyl sites for hydroxylation is 2. The lowest BCUT2D eigenvalue weighted by Gasteiger charge is -2.26. The predicted octanol–water partition coefficient (Wildman–Crippen LogP) is 6.08. The monoisotopic (exact) mass is 483 g/mol. The maximum atomic E-state index is 12.6. The molecule has 1 fully saturated rings. The zero-order valence-corrected chi connectivity index (χ0v) is 20.8. The van der Waals surface area contributed by atoms with E-state index in [0.29, 0.717) is 24.3 Å². The van der Waals surface area contributed by atoms with Crippen LogP contribution in [0.15, 0.2) is 77.3 Å². The van der Waals surface area contributed by atoms with Gasteiger partial charge >= 0.3 is 0 Å². The number of nitrogens with zero attached hydrogens (tertiary/aromatic N) is 3. The van der Waals surface area contributed by atoms with E-state index in [1.165, 1.54) is 41.3 Å². The normalized spacial score (nSPS) is 14.2. The van der Waals surface area contributed by atoms with Crippen LogP contribution in [0.4, 0.5) is 0 Å². The minimum atomic E-state index is -0.101. The summed E-state index contributed by atoms with van der Waals surface area (Å²) in [7, 11) is 0. The molecule has 5 nitrogen and oxygen atoms in total. The van der Waals surface area contributed by atoms with Crippen molar-refractivity contribution < 1.29 is 9.21 Å². The number of thioether (sulfide) groups is 1. The molecule has 3 heterocycles. The molecule has 0 unspecified atom stereocenters. The molecular formula is C29H29N3O2S. The van der Waals surface area contributed by atoms with E-state index in [1.54, 1.807) is 6.20 Å². The number of Topliss-reactive ketones (excluding diaryl/α,β-unsaturated/α-hetero) is 1. The van der Waals surface area contributed by atoms with Gasteiger partial charge in [0.2, 0.25) is 5.78 Å². The van der Waals surface area contributed by atoms with Gasteiger partial charge < -0.3 is 4.42 Å². The highest BCUT2D eigenvalue weighted by Gasteiger charge is 2.15. The van der Waals surface area contributed by atoms with E-state index >= 15 is 0 Å². The maximum Gasteiger partial charge on any atom is 0.263 e. The van der Waals surface area contributed by atoms with Crippen LogP contribution in [-0.2, 0) is 13.0 Å². The fourth-order valence-electron chi connectivity index (χ4n) is 4.25. The summed E-state index contributed by atoms with van der Waals surface area (Å²) in [6, 6.07) is 23.0. The van der Waals surface area contributed by atoms with Crippen molar-refractivity contribution in [3.8, 4) is 22.6 Å². The second kappa shape index (κ2) is 11.0. The van der Waals surface area contributed by atoms with Crippen LogP contribution in [0.5, 0.6) is 0 Å². The fraction of sp³-hybridized carbons (Fsp3) is 0.276. The van der Waals surface area contributed by atoms with E-state index in [4.69, 9.17) is 4.42 Å². The van der Waals surface area contributed by atoms with Crippen LogP contribution in [0.3, 0.4) is 0 Å². The van der Waals surface area contributed by atoms with Crippen molar-refractivity contribution in [3.63, 3.8) is 0 Å². The average molecular weight is 484 g/mol. The Bertz CT molecular complexity index is 1280. The number of carbonyl (C=O) groups is 1. The molecule has 0 saturated carbocycles. The van der Waals surface area contributed by atoms with E-state index in [9.17, 15) is 4.79 Å². The Morgan fingerprint density at radius 2 is 1.63 bits per heavy atom. The fourth-order valence-corrected chi connectivity index (χ4v) is 5.23. The Morgan fingerprint density at radius 3 is 2.31 bits per heavy atom. The Kier molecular flexibility index (Phi) is 7.40. The van der Waals surface area contributed by atoms with Gasteiger partial charge in [-0.3, -0.25) is 9.69 Å². The lowest BCUT2D eigenvalue weighted by molar-refractivity contribution is 0.0950. The molecule has 0 atom stereocenters. The van der Waals surface area contributed by atoms with Gasteiger partial charge in [0.15, 0.2) is 5.76 Å². The summed E-state index contributed by atoms with van der Waals surface area (Å²) in [5.74, 6) is 3.03. The molecule has 1 saturated heterocycles. The highest BCUT2D eigenvalue weighted by Crippen LogP contribution is 2.23. The van der Waals surface area contributed by atoms with Crippen molar-refractivity contribution in [2.75, 3.05) is 24.6 Å². The number of hydrogen-bond donors (Lipinski definition) is 0. The van der Waals surface area contributed by atoms with Crippen LogP contribution in [0, 0.1) is 6.92 Å². The lowest BCUT2D eigenvalue weighted by atomic mass is 10.0. The molecular weight excluding hydrogens is 454 g/mol. The molecule has 4 aromatic rings. The lowest BCUT2D eigenvalue weighted by Crippen LogP contribution is -2.31. The highest BCUT2D eigenvalue weighted by atomic mass is 32.2. The third-order valence-electron chi connectivity index (χ3n) is 6.28. The molecule has 0 bridgehead atoms. The molecule has 0 radical (unpaired) electrons. The Balaban J connectivity index is 1.16. The summed E-state index contributed by atoms with van der Waals surface area (Å²) in [6.45, 7) is 5.30. The Morgan fingerprint density at radius 1 is 0.943 bits per heavy atom. The highest BCUT2D eigenvalue weighted by molar-refractivity contribution is 7.99. The first kappa shape index (κ1) is 23.5. The van der Waals surface area contributed by atoms with Gasteiger partial charge in [0.05, 0.1) is 6.20 Å². The van der Waals surface area contributed by atoms with Gasteiger partial charge in [-0.1, -0.05) is 54.6 Å². The number of aromatic nitrogens is 2. The van der Waals surface area contributed by atoms with Gasteiger partial charge in [-0.05, 0) is 47.7 Å². The van der Waals surface area contributed by atoms with Crippen LogP contribution in [0.2, 0.25) is 0 Å². The van der Waals surface area contributed by atoms with Crippen molar-refractivity contribution in [1.82, 2.24) is 14.9 Å². The van der Waals surface area contributed by atoms with Gasteiger partial charge in [0, 0.05) is 43.3 Å². The summed E-state index contributed by atoms with van der Waals surface area (Å²) in [5.41, 5.74) is 6.46. The van der Waals surface area contributed by atoms with E-state index in [2.05, 4.69) is 63.4 Å². The van der Waals surface area contributed by atoms with E-state index in [0.717, 1.165) is 17.8 Å². The van der Waals surface area contributed by atoms with Gasteiger partial charge in [-0.25, -0.2) is 9.97 Å². The largest absolute Gasteiger partial charge is 0.432 e. The summed E-state index contributed by atoms with van der Waals surface area (Å²) in [6.07, 6.45) is 2.57. The molecule has 35 heavy (non-hydrogen) atoms. The average Bonchev–Trinajstić information content (AvgIpc) is 3.40. The number of pyridine rings is 1. The summed E-state index contributed by atoms with van der Waals surface area (Å²) >= 11 is 2.04. The maximum absolute atomic E-state index is 12.6. The first-order valence-corrected chi connectivity index (χ1v) is 13.2. The van der Waals surface area contributed by atoms with Crippen LogP contribution in [0.1, 0.15) is 33.9 Å². The zero-order chi connectivity index (χ0) is 24.0. The second-order valence-corrected chi connectivity index (χ2v) is 10.1. The third-order valence-corrected chi connectivity index (χ3v) is 7.22. The van der Waals surface area contributed by atoms with Crippen molar-refractivity contribution in [3.05, 3.63) is 95.6 Å². The first-order valence-electron chi connectivity index (χ1n) is 12.1. The number of oxazole rings is 1. The first-order chi connectivity index (χ1) is 17.1. The van der Waals surface area contributed by atoms with Gasteiger partial charge in [-0.2, -0.15) is 11.8 Å². The number of rotatable bonds is 8. The third kappa shape index (κ3) is 6.08. The van der Waals surface area contributed by atoms with E-state index in [-0.39, 0.29) is 11.7 Å². The molecule has 0 aliphatic carbocycles. The minimum Gasteiger partial charge on any atom is -0.432 e. The van der Waals surface area contributed by atoms with Gasteiger partial charge in [0.1, 0.15) is 5.69 Å². The van der Waals surface area contributed by atoms with Crippen LogP contribution >= 0.6 is 11.8 Å². The van der Waals surface area contributed by atoms with Gasteiger partial charge in [-0.15, -0.1) is 0 Å². The SMILES string of the molecule is Cc1cccc(-c2cnc(C(=O)CCc3ccc(-c4ccc(CN5CCSCC5)cc4)cc3)o2)n1. The van der Waals surface area contributed by atoms with E-state index < -0.39 is 0 Å². The summed E-state index contributed by atoms with van der Waals surface area (Å²) < 4.78 is 5.68. The topological polar surface area (TPSA) is 59.2 Å². The van der Waals surface area contributed by atoms with Crippen molar-refractivity contribution in [2.45, 2.75) is 26.3 Å².